The molecule has 2 atom stereocenters. The SMILES string of the molecule is Cc1cc([N+](=O)[O-])ccc1NC(=O)N[C@@H]1CCO[C@@H](C2CC2)C1. The lowest BCUT2D eigenvalue weighted by atomic mass is 10.0. The summed E-state index contributed by atoms with van der Waals surface area (Å²) in [6.45, 7) is 2.42. The minimum absolute atomic E-state index is 0.0187. The molecule has 0 bridgehead atoms. The van der Waals surface area contributed by atoms with Gasteiger partial charge in [0, 0.05) is 30.5 Å². The number of benzene rings is 1. The van der Waals surface area contributed by atoms with E-state index < -0.39 is 4.92 Å². The Hall–Kier alpha value is -2.15. The van der Waals surface area contributed by atoms with Gasteiger partial charge in [0.05, 0.1) is 11.0 Å². The fourth-order valence-electron chi connectivity index (χ4n) is 3.00. The number of nitro groups is 1. The molecule has 2 fully saturated rings. The molecule has 2 N–H and O–H groups in total. The first-order chi connectivity index (χ1) is 11.0. The Kier molecular flexibility index (Phi) is 4.47. The molecule has 2 amide bonds. The number of ether oxygens (including phenoxy) is 1. The smallest absolute Gasteiger partial charge is 0.319 e. The van der Waals surface area contributed by atoms with Crippen LogP contribution in [0.2, 0.25) is 0 Å². The summed E-state index contributed by atoms with van der Waals surface area (Å²) in [6.07, 6.45) is 4.40. The average Bonchev–Trinajstić information content (AvgIpc) is 3.34. The quantitative estimate of drug-likeness (QED) is 0.659. The van der Waals surface area contributed by atoms with Crippen LogP contribution < -0.4 is 10.6 Å². The van der Waals surface area contributed by atoms with Gasteiger partial charge in [-0.2, -0.15) is 0 Å². The van der Waals surface area contributed by atoms with Crippen molar-refractivity contribution >= 4 is 17.4 Å². The van der Waals surface area contributed by atoms with Crippen molar-refractivity contribution in [2.45, 2.75) is 44.8 Å². The Labute approximate surface area is 134 Å². The van der Waals surface area contributed by atoms with Crippen LogP contribution in [0.3, 0.4) is 0 Å². The van der Waals surface area contributed by atoms with Crippen molar-refractivity contribution in [2.24, 2.45) is 5.92 Å². The number of urea groups is 1. The molecular formula is C16H21N3O4. The van der Waals surface area contributed by atoms with Crippen molar-refractivity contribution < 1.29 is 14.5 Å². The summed E-state index contributed by atoms with van der Waals surface area (Å²) in [5, 5.41) is 16.5. The van der Waals surface area contributed by atoms with E-state index in [1.54, 1.807) is 13.0 Å². The van der Waals surface area contributed by atoms with Crippen molar-refractivity contribution in [3.8, 4) is 0 Å². The van der Waals surface area contributed by atoms with Gasteiger partial charge < -0.3 is 15.4 Å². The van der Waals surface area contributed by atoms with Crippen LogP contribution in [0.1, 0.15) is 31.2 Å². The number of non-ortho nitro benzene ring substituents is 1. The number of amides is 2. The van der Waals surface area contributed by atoms with E-state index in [-0.39, 0.29) is 23.9 Å². The van der Waals surface area contributed by atoms with Gasteiger partial charge in [-0.3, -0.25) is 10.1 Å². The zero-order chi connectivity index (χ0) is 16.4. The van der Waals surface area contributed by atoms with Gasteiger partial charge in [0.1, 0.15) is 0 Å². The van der Waals surface area contributed by atoms with E-state index >= 15 is 0 Å². The molecule has 1 aliphatic carbocycles. The number of rotatable bonds is 4. The molecule has 1 aromatic carbocycles. The minimum atomic E-state index is -0.448. The number of nitro benzene ring substituents is 1. The number of nitrogens with one attached hydrogen (secondary N) is 2. The van der Waals surface area contributed by atoms with E-state index in [0.717, 1.165) is 12.8 Å². The Bertz CT molecular complexity index is 615. The molecule has 0 unspecified atom stereocenters. The summed E-state index contributed by atoms with van der Waals surface area (Å²) in [5.41, 5.74) is 1.27. The zero-order valence-electron chi connectivity index (χ0n) is 13.1. The Morgan fingerprint density at radius 2 is 2.13 bits per heavy atom. The molecule has 0 spiro atoms. The zero-order valence-corrected chi connectivity index (χ0v) is 13.1. The van der Waals surface area contributed by atoms with Crippen molar-refractivity contribution in [3.63, 3.8) is 0 Å². The van der Waals surface area contributed by atoms with Gasteiger partial charge in [-0.25, -0.2) is 4.79 Å². The maximum atomic E-state index is 12.1. The van der Waals surface area contributed by atoms with Gasteiger partial charge >= 0.3 is 6.03 Å². The molecule has 1 saturated heterocycles. The van der Waals surface area contributed by atoms with E-state index in [9.17, 15) is 14.9 Å². The third-order valence-electron chi connectivity index (χ3n) is 4.47. The molecule has 7 nitrogen and oxygen atoms in total. The van der Waals surface area contributed by atoms with Crippen LogP contribution in [0.5, 0.6) is 0 Å². The fraction of sp³-hybridized carbons (Fsp3) is 0.562. The highest BCUT2D eigenvalue weighted by atomic mass is 16.6. The predicted molar refractivity (Wildman–Crippen MR) is 85.5 cm³/mol. The Morgan fingerprint density at radius 1 is 1.35 bits per heavy atom. The van der Waals surface area contributed by atoms with Crippen LogP contribution in [0.4, 0.5) is 16.2 Å². The third-order valence-corrected chi connectivity index (χ3v) is 4.47. The van der Waals surface area contributed by atoms with Crippen molar-refractivity contribution in [3.05, 3.63) is 33.9 Å². The van der Waals surface area contributed by atoms with Gasteiger partial charge in [0.2, 0.25) is 0 Å². The largest absolute Gasteiger partial charge is 0.378 e. The normalized spacial score (nSPS) is 24.0. The maximum Gasteiger partial charge on any atom is 0.319 e. The third kappa shape index (κ3) is 3.98. The topological polar surface area (TPSA) is 93.5 Å². The van der Waals surface area contributed by atoms with Gasteiger partial charge in [-0.15, -0.1) is 0 Å². The molecule has 2 aliphatic rings. The fourth-order valence-corrected chi connectivity index (χ4v) is 3.00. The van der Waals surface area contributed by atoms with Crippen LogP contribution in [0, 0.1) is 23.0 Å². The van der Waals surface area contributed by atoms with Gasteiger partial charge in [-0.1, -0.05) is 0 Å². The number of hydrogen-bond acceptors (Lipinski definition) is 4. The Morgan fingerprint density at radius 3 is 2.78 bits per heavy atom. The van der Waals surface area contributed by atoms with Crippen molar-refractivity contribution in [2.75, 3.05) is 11.9 Å². The second-order valence-corrected chi connectivity index (χ2v) is 6.32. The highest BCUT2D eigenvalue weighted by Gasteiger charge is 2.36. The molecule has 0 radical (unpaired) electrons. The number of carbonyl (C=O) groups excluding carboxylic acids is 1. The van der Waals surface area contributed by atoms with Crippen LogP contribution in [0.15, 0.2) is 18.2 Å². The molecule has 3 rings (SSSR count). The molecule has 1 saturated carbocycles. The standard InChI is InChI=1S/C16H21N3O4/c1-10-8-13(19(21)22)4-5-14(10)18-16(20)17-12-6-7-23-15(9-12)11-2-3-11/h4-5,8,11-12,15H,2-3,6-7,9H2,1H3,(H2,17,18,20)/t12-,15-/m1/s1. The lowest BCUT2D eigenvalue weighted by Gasteiger charge is -2.30. The van der Waals surface area contributed by atoms with Gasteiger partial charge in [0.15, 0.2) is 0 Å². The summed E-state index contributed by atoms with van der Waals surface area (Å²) >= 11 is 0. The molecule has 1 aromatic rings. The van der Waals surface area contributed by atoms with Crippen LogP contribution in [0.25, 0.3) is 0 Å². The first kappa shape index (κ1) is 15.7. The molecular weight excluding hydrogens is 298 g/mol. The van der Waals surface area contributed by atoms with Crippen molar-refractivity contribution in [1.29, 1.82) is 0 Å². The molecule has 124 valence electrons. The Balaban J connectivity index is 1.55. The van der Waals surface area contributed by atoms with Crippen LogP contribution in [-0.2, 0) is 4.74 Å². The number of hydrogen-bond donors (Lipinski definition) is 2. The molecule has 1 aliphatic heterocycles. The molecule has 0 aromatic heterocycles. The first-order valence-electron chi connectivity index (χ1n) is 7.97. The highest BCUT2D eigenvalue weighted by molar-refractivity contribution is 5.90. The number of aryl methyl sites for hydroxylation is 1. The predicted octanol–water partition coefficient (Wildman–Crippen LogP) is 2.98. The summed E-state index contributed by atoms with van der Waals surface area (Å²) in [6, 6.07) is 4.24. The maximum absolute atomic E-state index is 12.1. The second-order valence-electron chi connectivity index (χ2n) is 6.32. The first-order valence-corrected chi connectivity index (χ1v) is 7.97. The van der Waals surface area contributed by atoms with E-state index in [1.807, 2.05) is 0 Å². The lowest BCUT2D eigenvalue weighted by Crippen LogP contribution is -2.44. The number of carbonyl (C=O) groups is 1. The monoisotopic (exact) mass is 319 g/mol. The summed E-state index contributed by atoms with van der Waals surface area (Å²) in [7, 11) is 0. The van der Waals surface area contributed by atoms with Crippen LogP contribution in [-0.4, -0.2) is 29.7 Å². The van der Waals surface area contributed by atoms with Crippen molar-refractivity contribution in [1.82, 2.24) is 5.32 Å². The highest BCUT2D eigenvalue weighted by Crippen LogP contribution is 2.38. The van der Waals surface area contributed by atoms with Gasteiger partial charge in [0.25, 0.3) is 5.69 Å². The second kappa shape index (κ2) is 6.54. The number of anilines is 1. The molecule has 7 heteroatoms. The van der Waals surface area contributed by atoms with E-state index in [2.05, 4.69) is 10.6 Å². The summed E-state index contributed by atoms with van der Waals surface area (Å²) in [4.78, 5) is 22.4. The van der Waals surface area contributed by atoms with E-state index in [4.69, 9.17) is 4.74 Å². The molecule has 23 heavy (non-hydrogen) atoms. The lowest BCUT2D eigenvalue weighted by molar-refractivity contribution is -0.384. The van der Waals surface area contributed by atoms with E-state index in [0.29, 0.717) is 23.8 Å². The average molecular weight is 319 g/mol. The van der Waals surface area contributed by atoms with Crippen LogP contribution >= 0.6 is 0 Å². The van der Waals surface area contributed by atoms with Gasteiger partial charge in [-0.05, 0) is 50.2 Å². The molecule has 1 heterocycles. The summed E-state index contributed by atoms with van der Waals surface area (Å²) in [5.74, 6) is 0.666. The summed E-state index contributed by atoms with van der Waals surface area (Å²) < 4.78 is 5.75. The minimum Gasteiger partial charge on any atom is -0.378 e. The number of nitrogens with zero attached hydrogens (tertiary/aromatic N) is 1. The van der Waals surface area contributed by atoms with E-state index in [1.165, 1.54) is 25.0 Å².